The first-order valence-corrected chi connectivity index (χ1v) is 7.42. The average Bonchev–Trinajstić information content (AvgIpc) is 2.39. The van der Waals surface area contributed by atoms with Gasteiger partial charge in [-0.1, -0.05) is 0 Å². The molecule has 3 unspecified atom stereocenters. The summed E-state index contributed by atoms with van der Waals surface area (Å²) in [6, 6.07) is -2.30. The Morgan fingerprint density at radius 1 is 1.30 bits per heavy atom. The SMILES string of the molecule is CSCCC(NC(=O)C(NC(=O)CN)C(C)O)C(=O)O. The van der Waals surface area contributed by atoms with E-state index in [9.17, 15) is 19.5 Å². The highest BCUT2D eigenvalue weighted by Crippen LogP contribution is 2.02. The van der Waals surface area contributed by atoms with Gasteiger partial charge >= 0.3 is 5.97 Å². The van der Waals surface area contributed by atoms with Gasteiger partial charge in [0, 0.05) is 0 Å². The number of carbonyl (C=O) groups excluding carboxylic acids is 2. The number of carboxylic acid groups (broad SMARTS) is 1. The number of aliphatic hydroxyl groups excluding tert-OH is 1. The minimum atomic E-state index is -1.23. The number of carbonyl (C=O) groups is 3. The molecule has 0 aliphatic rings. The maximum absolute atomic E-state index is 11.9. The highest BCUT2D eigenvalue weighted by Gasteiger charge is 2.29. The third kappa shape index (κ3) is 6.73. The molecule has 0 saturated heterocycles. The predicted molar refractivity (Wildman–Crippen MR) is 75.2 cm³/mol. The van der Waals surface area contributed by atoms with Crippen LogP contribution >= 0.6 is 11.8 Å². The molecule has 0 aromatic heterocycles. The third-order valence-corrected chi connectivity index (χ3v) is 3.14. The predicted octanol–water partition coefficient (Wildman–Crippen LogP) is -1.87. The zero-order chi connectivity index (χ0) is 15.7. The van der Waals surface area contributed by atoms with Crippen LogP contribution in [0.2, 0.25) is 0 Å². The summed E-state index contributed by atoms with van der Waals surface area (Å²) in [4.78, 5) is 34.1. The Hall–Kier alpha value is -1.32. The molecule has 0 radical (unpaired) electrons. The van der Waals surface area contributed by atoms with Crippen molar-refractivity contribution in [3.8, 4) is 0 Å². The summed E-state index contributed by atoms with van der Waals surface area (Å²) in [7, 11) is 0. The molecule has 0 heterocycles. The number of nitrogens with one attached hydrogen (secondary N) is 2. The van der Waals surface area contributed by atoms with Crippen LogP contribution in [0.15, 0.2) is 0 Å². The number of hydrogen-bond acceptors (Lipinski definition) is 6. The van der Waals surface area contributed by atoms with Gasteiger partial charge in [0.25, 0.3) is 0 Å². The van der Waals surface area contributed by atoms with E-state index >= 15 is 0 Å². The van der Waals surface area contributed by atoms with Crippen LogP contribution in [0.4, 0.5) is 0 Å². The van der Waals surface area contributed by atoms with Gasteiger partial charge in [0.05, 0.1) is 12.6 Å². The second-order valence-corrected chi connectivity index (χ2v) is 5.16. The zero-order valence-electron chi connectivity index (χ0n) is 11.5. The number of thioether (sulfide) groups is 1. The molecule has 3 atom stereocenters. The van der Waals surface area contributed by atoms with Crippen molar-refractivity contribution in [2.45, 2.75) is 31.5 Å². The number of hydrogen-bond donors (Lipinski definition) is 5. The largest absolute Gasteiger partial charge is 0.480 e. The van der Waals surface area contributed by atoms with Gasteiger partial charge in [0.15, 0.2) is 0 Å². The van der Waals surface area contributed by atoms with Crippen LogP contribution in [0.25, 0.3) is 0 Å². The molecule has 0 spiro atoms. The van der Waals surface area contributed by atoms with E-state index in [2.05, 4.69) is 10.6 Å². The third-order valence-electron chi connectivity index (χ3n) is 2.49. The van der Waals surface area contributed by atoms with Gasteiger partial charge in [0.2, 0.25) is 11.8 Å². The van der Waals surface area contributed by atoms with Gasteiger partial charge in [-0.2, -0.15) is 11.8 Å². The number of aliphatic hydroxyl groups is 1. The fourth-order valence-electron chi connectivity index (χ4n) is 1.39. The van der Waals surface area contributed by atoms with E-state index < -0.39 is 36.0 Å². The molecular weight excluding hydrogens is 286 g/mol. The second kappa shape index (κ2) is 9.56. The van der Waals surface area contributed by atoms with Gasteiger partial charge < -0.3 is 26.6 Å². The standard InChI is InChI=1S/C11H21N3O5S/c1-6(15)9(14-8(16)5-12)10(17)13-7(11(18)19)3-4-20-2/h6-7,9,15H,3-5,12H2,1-2H3,(H,13,17)(H,14,16)(H,18,19). The summed E-state index contributed by atoms with van der Waals surface area (Å²) in [5, 5.41) is 23.0. The van der Waals surface area contributed by atoms with Crippen molar-refractivity contribution in [3.63, 3.8) is 0 Å². The van der Waals surface area contributed by atoms with Crippen molar-refractivity contribution in [1.29, 1.82) is 0 Å². The molecule has 0 aliphatic carbocycles. The fraction of sp³-hybridized carbons (Fsp3) is 0.727. The normalized spacial score (nSPS) is 15.0. The highest BCUT2D eigenvalue weighted by molar-refractivity contribution is 7.98. The lowest BCUT2D eigenvalue weighted by Crippen LogP contribution is -2.56. The minimum Gasteiger partial charge on any atom is -0.480 e. The number of rotatable bonds is 9. The van der Waals surface area contributed by atoms with Crippen molar-refractivity contribution < 1.29 is 24.6 Å². The molecule has 0 aliphatic heterocycles. The van der Waals surface area contributed by atoms with Crippen LogP contribution in [0, 0.1) is 0 Å². The monoisotopic (exact) mass is 307 g/mol. The number of nitrogens with two attached hydrogens (primary N) is 1. The summed E-state index contributed by atoms with van der Waals surface area (Å²) in [5.41, 5.74) is 5.11. The van der Waals surface area contributed by atoms with E-state index in [0.717, 1.165) is 0 Å². The molecule has 0 saturated carbocycles. The lowest BCUT2D eigenvalue weighted by Gasteiger charge is -2.23. The Bertz CT molecular complexity index is 351. The van der Waals surface area contributed by atoms with Crippen molar-refractivity contribution in [1.82, 2.24) is 10.6 Å². The highest BCUT2D eigenvalue weighted by atomic mass is 32.2. The molecule has 2 amide bonds. The van der Waals surface area contributed by atoms with Crippen LogP contribution in [0.5, 0.6) is 0 Å². The van der Waals surface area contributed by atoms with Crippen molar-refractivity contribution in [3.05, 3.63) is 0 Å². The van der Waals surface area contributed by atoms with Crippen molar-refractivity contribution in [2.75, 3.05) is 18.6 Å². The van der Waals surface area contributed by atoms with E-state index in [-0.39, 0.29) is 13.0 Å². The molecule has 0 bridgehead atoms. The Labute approximate surface area is 121 Å². The van der Waals surface area contributed by atoms with Crippen LogP contribution in [-0.2, 0) is 14.4 Å². The number of amides is 2. The van der Waals surface area contributed by atoms with Crippen LogP contribution in [0.3, 0.4) is 0 Å². The number of carboxylic acids is 1. The Kier molecular flexibility index (Phi) is 8.93. The summed E-state index contributed by atoms with van der Waals surface area (Å²) >= 11 is 1.45. The molecule has 116 valence electrons. The van der Waals surface area contributed by atoms with Crippen LogP contribution in [0.1, 0.15) is 13.3 Å². The molecule has 20 heavy (non-hydrogen) atoms. The topological polar surface area (TPSA) is 142 Å². The zero-order valence-corrected chi connectivity index (χ0v) is 12.3. The molecule has 0 rings (SSSR count). The first-order valence-electron chi connectivity index (χ1n) is 6.03. The lowest BCUT2D eigenvalue weighted by atomic mass is 10.1. The summed E-state index contributed by atoms with van der Waals surface area (Å²) < 4.78 is 0. The van der Waals surface area contributed by atoms with Crippen LogP contribution in [-0.4, -0.2) is 64.7 Å². The maximum Gasteiger partial charge on any atom is 0.326 e. The van der Waals surface area contributed by atoms with Crippen molar-refractivity contribution >= 4 is 29.5 Å². The Morgan fingerprint density at radius 3 is 2.30 bits per heavy atom. The molecule has 0 fully saturated rings. The van der Waals surface area contributed by atoms with Gasteiger partial charge in [0.1, 0.15) is 12.1 Å². The van der Waals surface area contributed by atoms with Crippen molar-refractivity contribution in [2.24, 2.45) is 5.73 Å². The second-order valence-electron chi connectivity index (χ2n) is 4.17. The Morgan fingerprint density at radius 2 is 1.90 bits per heavy atom. The van der Waals surface area contributed by atoms with Gasteiger partial charge in [-0.3, -0.25) is 9.59 Å². The lowest BCUT2D eigenvalue weighted by molar-refractivity contribution is -0.142. The Balaban J connectivity index is 4.70. The van der Waals surface area contributed by atoms with E-state index in [1.54, 1.807) is 0 Å². The summed E-state index contributed by atoms with van der Waals surface area (Å²) in [6.45, 7) is 0.990. The molecule has 0 aromatic rings. The van der Waals surface area contributed by atoms with E-state index in [1.165, 1.54) is 18.7 Å². The first-order chi connectivity index (χ1) is 9.33. The summed E-state index contributed by atoms with van der Waals surface area (Å²) in [6.07, 6.45) is 0.904. The molecule has 8 nitrogen and oxygen atoms in total. The fourth-order valence-corrected chi connectivity index (χ4v) is 1.86. The molecule has 0 aromatic carbocycles. The number of aliphatic carboxylic acids is 1. The van der Waals surface area contributed by atoms with E-state index in [1.807, 2.05) is 6.26 Å². The minimum absolute atomic E-state index is 0.250. The average molecular weight is 307 g/mol. The quantitative estimate of drug-likeness (QED) is 0.336. The van der Waals surface area contributed by atoms with Gasteiger partial charge in [-0.15, -0.1) is 0 Å². The van der Waals surface area contributed by atoms with Crippen LogP contribution < -0.4 is 16.4 Å². The molecular formula is C11H21N3O5S. The molecule has 9 heteroatoms. The van der Waals surface area contributed by atoms with Gasteiger partial charge in [-0.05, 0) is 25.4 Å². The smallest absolute Gasteiger partial charge is 0.326 e. The van der Waals surface area contributed by atoms with E-state index in [0.29, 0.717) is 5.75 Å². The molecule has 6 N–H and O–H groups in total. The van der Waals surface area contributed by atoms with Gasteiger partial charge in [-0.25, -0.2) is 4.79 Å². The maximum atomic E-state index is 11.9. The first kappa shape index (κ1) is 18.7. The summed E-state index contributed by atoms with van der Waals surface area (Å²) in [5.74, 6) is -1.97. The van der Waals surface area contributed by atoms with E-state index in [4.69, 9.17) is 10.8 Å².